The van der Waals surface area contributed by atoms with Gasteiger partial charge in [-0.2, -0.15) is 0 Å². The van der Waals surface area contributed by atoms with Crippen LogP contribution >= 0.6 is 0 Å². The molecule has 1 rings (SSSR count). The van der Waals surface area contributed by atoms with Crippen molar-refractivity contribution in [2.75, 3.05) is 13.2 Å². The normalized spacial score (nSPS) is 16.3. The lowest BCUT2D eigenvalue weighted by molar-refractivity contribution is -0.143. The van der Waals surface area contributed by atoms with Gasteiger partial charge in [-0.05, 0) is 57.2 Å². The molecule has 23 heavy (non-hydrogen) atoms. The summed E-state index contributed by atoms with van der Waals surface area (Å²) in [5.74, 6) is 0.795. The molecule has 1 aromatic rings. The SMILES string of the molecule is CCOc1ccc(OCC)c(C(C)C(C)CC(C)(N)C(=O)O)c1. The third kappa shape index (κ3) is 5.13. The van der Waals surface area contributed by atoms with Gasteiger partial charge in [-0.25, -0.2) is 0 Å². The fourth-order valence-electron chi connectivity index (χ4n) is 2.67. The Hall–Kier alpha value is -1.75. The van der Waals surface area contributed by atoms with Crippen molar-refractivity contribution in [3.8, 4) is 11.5 Å². The molecular formula is C18H29NO4. The average molecular weight is 323 g/mol. The van der Waals surface area contributed by atoms with Crippen molar-refractivity contribution in [1.82, 2.24) is 0 Å². The fraction of sp³-hybridized carbons (Fsp3) is 0.611. The predicted molar refractivity (Wildman–Crippen MR) is 91.2 cm³/mol. The fourth-order valence-corrected chi connectivity index (χ4v) is 2.67. The molecule has 0 aliphatic heterocycles. The summed E-state index contributed by atoms with van der Waals surface area (Å²) in [6, 6.07) is 5.77. The van der Waals surface area contributed by atoms with E-state index in [9.17, 15) is 9.90 Å². The number of aliphatic carboxylic acids is 1. The molecule has 0 radical (unpaired) electrons. The van der Waals surface area contributed by atoms with Gasteiger partial charge in [-0.3, -0.25) is 4.79 Å². The highest BCUT2D eigenvalue weighted by Gasteiger charge is 2.32. The van der Waals surface area contributed by atoms with Crippen LogP contribution in [0.1, 0.15) is 52.5 Å². The van der Waals surface area contributed by atoms with E-state index in [4.69, 9.17) is 15.2 Å². The Kier molecular flexibility index (Phi) is 6.88. The van der Waals surface area contributed by atoms with Crippen LogP contribution in [-0.2, 0) is 4.79 Å². The zero-order chi connectivity index (χ0) is 17.6. The molecule has 0 heterocycles. The monoisotopic (exact) mass is 323 g/mol. The van der Waals surface area contributed by atoms with Gasteiger partial charge >= 0.3 is 5.97 Å². The minimum atomic E-state index is -1.24. The number of carboxylic acids is 1. The van der Waals surface area contributed by atoms with Crippen LogP contribution in [0.2, 0.25) is 0 Å². The van der Waals surface area contributed by atoms with Gasteiger partial charge in [0.15, 0.2) is 0 Å². The van der Waals surface area contributed by atoms with Crippen LogP contribution in [0.5, 0.6) is 11.5 Å². The average Bonchev–Trinajstić information content (AvgIpc) is 2.48. The predicted octanol–water partition coefficient (Wildman–Crippen LogP) is 3.42. The second-order valence-electron chi connectivity index (χ2n) is 6.26. The maximum absolute atomic E-state index is 11.3. The van der Waals surface area contributed by atoms with Gasteiger partial charge in [0.1, 0.15) is 17.0 Å². The molecule has 3 unspecified atom stereocenters. The summed E-state index contributed by atoms with van der Waals surface area (Å²) in [5, 5.41) is 9.23. The molecule has 0 aliphatic rings. The summed E-state index contributed by atoms with van der Waals surface area (Å²) in [5.41, 5.74) is 5.68. The van der Waals surface area contributed by atoms with Crippen molar-refractivity contribution in [3.63, 3.8) is 0 Å². The molecular weight excluding hydrogens is 294 g/mol. The van der Waals surface area contributed by atoms with Crippen molar-refractivity contribution in [2.24, 2.45) is 11.7 Å². The summed E-state index contributed by atoms with van der Waals surface area (Å²) in [4.78, 5) is 11.3. The number of ether oxygens (including phenoxy) is 2. The minimum absolute atomic E-state index is 0.0807. The first-order valence-electron chi connectivity index (χ1n) is 8.14. The van der Waals surface area contributed by atoms with Crippen LogP contribution < -0.4 is 15.2 Å². The van der Waals surface area contributed by atoms with E-state index in [1.807, 2.05) is 39.0 Å². The van der Waals surface area contributed by atoms with E-state index >= 15 is 0 Å². The van der Waals surface area contributed by atoms with Crippen molar-refractivity contribution >= 4 is 5.97 Å². The molecule has 130 valence electrons. The largest absolute Gasteiger partial charge is 0.494 e. The van der Waals surface area contributed by atoms with Gasteiger partial charge in [0.05, 0.1) is 13.2 Å². The summed E-state index contributed by atoms with van der Waals surface area (Å²) >= 11 is 0. The number of hydrogen-bond acceptors (Lipinski definition) is 4. The summed E-state index contributed by atoms with van der Waals surface area (Å²) < 4.78 is 11.3. The zero-order valence-corrected chi connectivity index (χ0v) is 14.8. The van der Waals surface area contributed by atoms with E-state index in [0.29, 0.717) is 19.6 Å². The van der Waals surface area contributed by atoms with Gasteiger partial charge in [0.2, 0.25) is 0 Å². The number of carboxylic acid groups (broad SMARTS) is 1. The minimum Gasteiger partial charge on any atom is -0.494 e. The molecule has 3 N–H and O–H groups in total. The molecule has 3 atom stereocenters. The highest BCUT2D eigenvalue weighted by molar-refractivity contribution is 5.77. The van der Waals surface area contributed by atoms with Crippen molar-refractivity contribution in [3.05, 3.63) is 23.8 Å². The van der Waals surface area contributed by atoms with E-state index in [-0.39, 0.29) is 11.8 Å². The second kappa shape index (κ2) is 8.20. The smallest absolute Gasteiger partial charge is 0.323 e. The van der Waals surface area contributed by atoms with Gasteiger partial charge in [0, 0.05) is 5.56 Å². The molecule has 0 bridgehead atoms. The first-order valence-corrected chi connectivity index (χ1v) is 8.14. The van der Waals surface area contributed by atoms with E-state index in [1.54, 1.807) is 6.92 Å². The standard InChI is InChI=1S/C18H29NO4/c1-6-22-14-8-9-16(23-7-2)15(10-14)13(4)12(3)11-18(5,19)17(20)21/h8-10,12-13H,6-7,11,19H2,1-5H3,(H,20,21). The van der Waals surface area contributed by atoms with Gasteiger partial charge < -0.3 is 20.3 Å². The van der Waals surface area contributed by atoms with E-state index in [2.05, 4.69) is 6.92 Å². The van der Waals surface area contributed by atoms with Gasteiger partial charge in [-0.15, -0.1) is 0 Å². The molecule has 0 saturated carbocycles. The Balaban J connectivity index is 3.05. The molecule has 0 spiro atoms. The van der Waals surface area contributed by atoms with E-state index in [0.717, 1.165) is 17.1 Å². The van der Waals surface area contributed by atoms with E-state index < -0.39 is 11.5 Å². The van der Waals surface area contributed by atoms with Crippen LogP contribution in [0.15, 0.2) is 18.2 Å². The van der Waals surface area contributed by atoms with Crippen molar-refractivity contribution in [2.45, 2.75) is 52.5 Å². The lowest BCUT2D eigenvalue weighted by Gasteiger charge is -2.28. The Labute approximate surface area is 138 Å². The molecule has 5 heteroatoms. The molecule has 5 nitrogen and oxygen atoms in total. The van der Waals surface area contributed by atoms with Crippen LogP contribution in [0, 0.1) is 5.92 Å². The number of nitrogens with two attached hydrogens (primary N) is 1. The highest BCUT2D eigenvalue weighted by Crippen LogP contribution is 2.37. The van der Waals surface area contributed by atoms with Crippen LogP contribution in [-0.4, -0.2) is 29.8 Å². The maximum atomic E-state index is 11.3. The Bertz CT molecular complexity index is 528. The molecule has 1 aromatic carbocycles. The number of hydrogen-bond donors (Lipinski definition) is 2. The van der Waals surface area contributed by atoms with Crippen LogP contribution in [0.25, 0.3) is 0 Å². The quantitative estimate of drug-likeness (QED) is 0.727. The van der Waals surface area contributed by atoms with Crippen molar-refractivity contribution < 1.29 is 19.4 Å². The Morgan fingerprint density at radius 1 is 1.26 bits per heavy atom. The Morgan fingerprint density at radius 2 is 1.87 bits per heavy atom. The lowest BCUT2D eigenvalue weighted by Crippen LogP contribution is -2.46. The first kappa shape index (κ1) is 19.3. The second-order valence-corrected chi connectivity index (χ2v) is 6.26. The van der Waals surface area contributed by atoms with Gasteiger partial charge in [-0.1, -0.05) is 13.8 Å². The Morgan fingerprint density at radius 3 is 2.39 bits per heavy atom. The molecule has 0 aromatic heterocycles. The summed E-state index contributed by atoms with van der Waals surface area (Å²) in [6.07, 6.45) is 0.383. The third-order valence-corrected chi connectivity index (χ3v) is 4.17. The van der Waals surface area contributed by atoms with Crippen LogP contribution in [0.4, 0.5) is 0 Å². The molecule has 0 aliphatic carbocycles. The molecule has 0 saturated heterocycles. The molecule has 0 amide bonds. The van der Waals surface area contributed by atoms with Gasteiger partial charge in [0.25, 0.3) is 0 Å². The summed E-state index contributed by atoms with van der Waals surface area (Å²) in [6.45, 7) is 10.7. The number of carbonyl (C=O) groups is 1. The van der Waals surface area contributed by atoms with E-state index in [1.165, 1.54) is 0 Å². The van der Waals surface area contributed by atoms with Crippen LogP contribution in [0.3, 0.4) is 0 Å². The molecule has 0 fully saturated rings. The maximum Gasteiger partial charge on any atom is 0.323 e. The summed E-state index contributed by atoms with van der Waals surface area (Å²) in [7, 11) is 0. The topological polar surface area (TPSA) is 81.8 Å². The lowest BCUT2D eigenvalue weighted by atomic mass is 9.80. The number of benzene rings is 1. The third-order valence-electron chi connectivity index (χ3n) is 4.17. The highest BCUT2D eigenvalue weighted by atomic mass is 16.5. The zero-order valence-electron chi connectivity index (χ0n) is 14.8. The first-order chi connectivity index (χ1) is 10.7. The van der Waals surface area contributed by atoms with Crippen molar-refractivity contribution in [1.29, 1.82) is 0 Å². The number of rotatable bonds is 9.